The average Bonchev–Trinajstić information content (AvgIpc) is 3.38. The van der Waals surface area contributed by atoms with Gasteiger partial charge in [-0.3, -0.25) is 14.2 Å². The van der Waals surface area contributed by atoms with E-state index in [0.29, 0.717) is 44.3 Å². The van der Waals surface area contributed by atoms with Crippen molar-refractivity contribution in [2.75, 3.05) is 12.9 Å². The molecule has 0 aliphatic rings. The van der Waals surface area contributed by atoms with Crippen molar-refractivity contribution in [1.29, 1.82) is 0 Å². The lowest BCUT2D eigenvalue weighted by atomic mass is 10.1. The van der Waals surface area contributed by atoms with Crippen LogP contribution in [0.5, 0.6) is 5.75 Å². The normalized spacial score (nSPS) is 11.0. The number of halogens is 1. The first-order valence-corrected chi connectivity index (χ1v) is 11.9. The van der Waals surface area contributed by atoms with Crippen LogP contribution in [0.15, 0.2) is 53.7 Å². The Balaban J connectivity index is 1.71. The number of aromatic amines is 1. The fraction of sp³-hybridized carbons (Fsp3) is 0.200. The fourth-order valence-electron chi connectivity index (χ4n) is 3.95. The maximum Gasteiger partial charge on any atom is 0.196 e. The van der Waals surface area contributed by atoms with Crippen molar-refractivity contribution in [2.24, 2.45) is 0 Å². The number of H-pyrrole nitrogens is 1. The van der Waals surface area contributed by atoms with Gasteiger partial charge in [0.25, 0.3) is 0 Å². The van der Waals surface area contributed by atoms with Gasteiger partial charge in [-0.1, -0.05) is 35.5 Å². The van der Waals surface area contributed by atoms with Gasteiger partial charge in [0.2, 0.25) is 0 Å². The Morgan fingerprint density at radius 3 is 2.44 bits per heavy atom. The van der Waals surface area contributed by atoms with Crippen molar-refractivity contribution in [3.8, 4) is 22.8 Å². The van der Waals surface area contributed by atoms with E-state index in [9.17, 15) is 9.59 Å². The molecule has 0 amide bonds. The molecule has 4 rings (SSSR count). The van der Waals surface area contributed by atoms with E-state index in [1.807, 2.05) is 41.0 Å². The number of rotatable bonds is 8. The number of para-hydroxylation sites is 1. The van der Waals surface area contributed by atoms with Crippen molar-refractivity contribution in [3.63, 3.8) is 0 Å². The quantitative estimate of drug-likeness (QED) is 0.249. The first kappa shape index (κ1) is 23.8. The van der Waals surface area contributed by atoms with Gasteiger partial charge in [-0.25, -0.2) is 0 Å². The number of methoxy groups -OCH3 is 1. The Hall–Kier alpha value is -3.36. The van der Waals surface area contributed by atoms with Crippen molar-refractivity contribution >= 4 is 34.9 Å². The monoisotopic (exact) mass is 494 g/mol. The second-order valence-electron chi connectivity index (χ2n) is 7.71. The number of ether oxygens (including phenoxy) is 1. The van der Waals surface area contributed by atoms with Crippen LogP contribution in [0.4, 0.5) is 0 Å². The molecule has 2 aromatic heterocycles. The summed E-state index contributed by atoms with van der Waals surface area (Å²) in [5.74, 6) is 1.17. The number of hydrogen-bond donors (Lipinski definition) is 1. The minimum Gasteiger partial charge on any atom is -0.496 e. The van der Waals surface area contributed by atoms with E-state index in [1.54, 1.807) is 33.1 Å². The van der Waals surface area contributed by atoms with Gasteiger partial charge in [-0.2, -0.15) is 0 Å². The Kier molecular flexibility index (Phi) is 6.90. The molecule has 0 spiro atoms. The third kappa shape index (κ3) is 4.51. The molecule has 0 unspecified atom stereocenters. The summed E-state index contributed by atoms with van der Waals surface area (Å²) in [7, 11) is 1.60. The van der Waals surface area contributed by atoms with Gasteiger partial charge in [0, 0.05) is 22.0 Å². The zero-order valence-corrected chi connectivity index (χ0v) is 20.8. The van der Waals surface area contributed by atoms with Gasteiger partial charge in [-0.15, -0.1) is 10.2 Å². The molecule has 2 heterocycles. The van der Waals surface area contributed by atoms with E-state index in [-0.39, 0.29) is 17.3 Å². The van der Waals surface area contributed by atoms with Crippen molar-refractivity contribution in [1.82, 2.24) is 19.7 Å². The number of aromatic nitrogens is 4. The summed E-state index contributed by atoms with van der Waals surface area (Å²) < 4.78 is 7.40. The van der Waals surface area contributed by atoms with Gasteiger partial charge < -0.3 is 9.72 Å². The summed E-state index contributed by atoms with van der Waals surface area (Å²) in [5.41, 5.74) is 3.95. The van der Waals surface area contributed by atoms with Crippen LogP contribution in [0.2, 0.25) is 5.02 Å². The van der Waals surface area contributed by atoms with Gasteiger partial charge in [-0.05, 0) is 62.7 Å². The number of aryl methyl sites for hydroxylation is 1. The van der Waals surface area contributed by atoms with Crippen LogP contribution < -0.4 is 4.74 Å². The highest BCUT2D eigenvalue weighted by Gasteiger charge is 2.23. The molecule has 7 nitrogen and oxygen atoms in total. The lowest BCUT2D eigenvalue weighted by molar-refractivity contribution is 0.101. The molecule has 4 aromatic rings. The molecule has 0 aliphatic carbocycles. The van der Waals surface area contributed by atoms with Gasteiger partial charge in [0.05, 0.1) is 24.1 Å². The molecule has 0 saturated carbocycles. The summed E-state index contributed by atoms with van der Waals surface area (Å²) in [4.78, 5) is 28.0. The molecule has 0 atom stereocenters. The molecule has 2 aromatic carbocycles. The van der Waals surface area contributed by atoms with Gasteiger partial charge in [0.15, 0.2) is 22.5 Å². The van der Waals surface area contributed by atoms with E-state index < -0.39 is 0 Å². The number of carbonyl (C=O) groups is 2. The molecule has 34 heavy (non-hydrogen) atoms. The van der Waals surface area contributed by atoms with Crippen LogP contribution in [0.25, 0.3) is 17.1 Å². The number of nitrogens with one attached hydrogen (secondary N) is 1. The Morgan fingerprint density at radius 1 is 1.09 bits per heavy atom. The number of hydrogen-bond acceptors (Lipinski definition) is 6. The third-order valence-electron chi connectivity index (χ3n) is 5.47. The number of ketones is 2. The standard InChI is InChI=1S/C25H23ClN4O3S/c1-14-22(16(3)31)15(2)27-23(14)20(32)13-34-25-29-28-24(19-7-5-6-8-21(19)33-4)30(25)18-11-9-17(26)10-12-18/h5-12,27H,13H2,1-4H3. The summed E-state index contributed by atoms with van der Waals surface area (Å²) in [6, 6.07) is 14.9. The lowest BCUT2D eigenvalue weighted by Crippen LogP contribution is -2.07. The topological polar surface area (TPSA) is 89.9 Å². The van der Waals surface area contributed by atoms with E-state index in [4.69, 9.17) is 16.3 Å². The number of benzene rings is 2. The van der Waals surface area contributed by atoms with Crippen LogP contribution in [0.3, 0.4) is 0 Å². The summed E-state index contributed by atoms with van der Waals surface area (Å²) >= 11 is 7.37. The molecule has 174 valence electrons. The summed E-state index contributed by atoms with van der Waals surface area (Å²) in [6.45, 7) is 5.08. The zero-order valence-electron chi connectivity index (χ0n) is 19.2. The number of nitrogens with zero attached hydrogens (tertiary/aromatic N) is 3. The summed E-state index contributed by atoms with van der Waals surface area (Å²) in [6.07, 6.45) is 0. The van der Waals surface area contributed by atoms with Crippen LogP contribution in [0, 0.1) is 13.8 Å². The smallest absolute Gasteiger partial charge is 0.196 e. The predicted molar refractivity (Wildman–Crippen MR) is 134 cm³/mol. The highest BCUT2D eigenvalue weighted by atomic mass is 35.5. The van der Waals surface area contributed by atoms with Crippen molar-refractivity contribution in [3.05, 3.63) is 76.1 Å². The molecule has 0 radical (unpaired) electrons. The summed E-state index contributed by atoms with van der Waals surface area (Å²) in [5, 5.41) is 9.95. The molecular weight excluding hydrogens is 472 g/mol. The van der Waals surface area contributed by atoms with Crippen molar-refractivity contribution in [2.45, 2.75) is 25.9 Å². The lowest BCUT2D eigenvalue weighted by Gasteiger charge is -2.12. The van der Waals surface area contributed by atoms with Crippen LogP contribution in [-0.2, 0) is 0 Å². The van der Waals surface area contributed by atoms with Crippen LogP contribution >= 0.6 is 23.4 Å². The second-order valence-corrected chi connectivity index (χ2v) is 9.09. The van der Waals surface area contributed by atoms with Gasteiger partial charge >= 0.3 is 0 Å². The first-order chi connectivity index (χ1) is 16.3. The van der Waals surface area contributed by atoms with Gasteiger partial charge in [0.1, 0.15) is 5.75 Å². The molecular formula is C25H23ClN4O3S. The maximum atomic E-state index is 13.0. The molecule has 1 N–H and O–H groups in total. The van der Waals surface area contributed by atoms with Crippen LogP contribution in [-0.4, -0.2) is 44.2 Å². The highest BCUT2D eigenvalue weighted by molar-refractivity contribution is 7.99. The predicted octanol–water partition coefficient (Wildman–Crippen LogP) is 5.72. The third-order valence-corrected chi connectivity index (χ3v) is 6.65. The number of Topliss-reactive ketones (excluding diaryl/α,β-unsaturated/α-hetero) is 2. The number of thioether (sulfide) groups is 1. The molecule has 0 saturated heterocycles. The Labute approximate surface area is 206 Å². The minimum atomic E-state index is -0.123. The van der Waals surface area contributed by atoms with E-state index in [2.05, 4.69) is 15.2 Å². The Bertz CT molecular complexity index is 1380. The SMILES string of the molecule is COc1ccccc1-c1nnc(SCC(=O)c2[nH]c(C)c(C(C)=O)c2C)n1-c1ccc(Cl)cc1. The van der Waals surface area contributed by atoms with E-state index in [1.165, 1.54) is 18.7 Å². The van der Waals surface area contributed by atoms with Crippen LogP contribution in [0.1, 0.15) is 39.0 Å². The van der Waals surface area contributed by atoms with Crippen molar-refractivity contribution < 1.29 is 14.3 Å². The molecule has 0 bridgehead atoms. The number of carbonyl (C=O) groups excluding carboxylic acids is 2. The first-order valence-electron chi connectivity index (χ1n) is 10.5. The molecule has 9 heteroatoms. The molecule has 0 aliphatic heterocycles. The maximum absolute atomic E-state index is 13.0. The highest BCUT2D eigenvalue weighted by Crippen LogP contribution is 2.34. The van der Waals surface area contributed by atoms with E-state index >= 15 is 0 Å². The van der Waals surface area contributed by atoms with E-state index in [0.717, 1.165) is 11.3 Å². The second kappa shape index (κ2) is 9.87. The zero-order chi connectivity index (χ0) is 24.4. The largest absolute Gasteiger partial charge is 0.496 e. The Morgan fingerprint density at radius 2 is 1.79 bits per heavy atom. The minimum absolute atomic E-state index is 0.0677. The fourth-order valence-corrected chi connectivity index (χ4v) is 4.90. The molecule has 0 fully saturated rings. The average molecular weight is 495 g/mol.